The summed E-state index contributed by atoms with van der Waals surface area (Å²) in [4.78, 5) is 11.7. The van der Waals surface area contributed by atoms with E-state index in [0.717, 1.165) is 0 Å². The smallest absolute Gasteiger partial charge is 0.311 e. The van der Waals surface area contributed by atoms with Gasteiger partial charge in [0.25, 0.3) is 0 Å². The normalized spacial score (nSPS) is 20.0. The van der Waals surface area contributed by atoms with Crippen molar-refractivity contribution in [2.45, 2.75) is 24.8 Å². The van der Waals surface area contributed by atoms with Gasteiger partial charge in [0.05, 0.1) is 24.5 Å². The van der Waals surface area contributed by atoms with Crippen molar-refractivity contribution in [1.29, 1.82) is 0 Å². The van der Waals surface area contributed by atoms with Crippen LogP contribution in [0.1, 0.15) is 18.9 Å². The molecule has 1 aliphatic heterocycles. The van der Waals surface area contributed by atoms with Gasteiger partial charge in [-0.3, -0.25) is 9.52 Å². The fourth-order valence-electron chi connectivity index (χ4n) is 2.23. The molecule has 1 atom stereocenters. The van der Waals surface area contributed by atoms with E-state index in [1.54, 1.807) is 37.3 Å². The molecule has 0 radical (unpaired) electrons. The Bertz CT molecular complexity index is 743. The van der Waals surface area contributed by atoms with Gasteiger partial charge in [0, 0.05) is 0 Å². The SMILES string of the molecule is CCOC(=O)CC1(O)NC=CC=C1NS(=O)(=O)Cc1ccccc1. The molecule has 130 valence electrons. The van der Waals surface area contributed by atoms with Crippen molar-refractivity contribution in [2.24, 2.45) is 0 Å². The van der Waals surface area contributed by atoms with E-state index >= 15 is 0 Å². The van der Waals surface area contributed by atoms with Crippen LogP contribution in [0.5, 0.6) is 0 Å². The van der Waals surface area contributed by atoms with Crippen molar-refractivity contribution in [3.63, 3.8) is 0 Å². The maximum atomic E-state index is 12.3. The third-order valence-electron chi connectivity index (χ3n) is 3.30. The molecule has 8 heteroatoms. The Labute approximate surface area is 141 Å². The summed E-state index contributed by atoms with van der Waals surface area (Å²) < 4.78 is 31.8. The molecule has 7 nitrogen and oxygen atoms in total. The van der Waals surface area contributed by atoms with Crippen LogP contribution in [-0.4, -0.2) is 31.8 Å². The molecule has 0 aliphatic carbocycles. The van der Waals surface area contributed by atoms with Gasteiger partial charge < -0.3 is 15.2 Å². The number of ether oxygens (including phenoxy) is 1. The first-order chi connectivity index (χ1) is 11.3. The zero-order valence-electron chi connectivity index (χ0n) is 13.2. The average molecular weight is 352 g/mol. The molecule has 0 aromatic heterocycles. The summed E-state index contributed by atoms with van der Waals surface area (Å²) in [5.41, 5.74) is -1.29. The number of rotatable bonds is 7. The average Bonchev–Trinajstić information content (AvgIpc) is 2.50. The summed E-state index contributed by atoms with van der Waals surface area (Å²) in [6.45, 7) is 1.82. The number of benzene rings is 1. The Morgan fingerprint density at radius 2 is 2.04 bits per heavy atom. The number of carbonyl (C=O) groups excluding carboxylic acids is 1. The van der Waals surface area contributed by atoms with E-state index in [4.69, 9.17) is 4.74 Å². The number of sulfonamides is 1. The fraction of sp³-hybridized carbons (Fsp3) is 0.312. The van der Waals surface area contributed by atoms with Gasteiger partial charge in [-0.15, -0.1) is 0 Å². The first kappa shape index (κ1) is 18.0. The summed E-state index contributed by atoms with van der Waals surface area (Å²) in [6, 6.07) is 8.66. The van der Waals surface area contributed by atoms with E-state index in [2.05, 4.69) is 10.0 Å². The number of carbonyl (C=O) groups is 1. The van der Waals surface area contributed by atoms with E-state index in [-0.39, 0.29) is 18.1 Å². The van der Waals surface area contributed by atoms with Crippen molar-refractivity contribution in [1.82, 2.24) is 10.0 Å². The second kappa shape index (κ2) is 7.50. The number of esters is 1. The lowest BCUT2D eigenvalue weighted by Gasteiger charge is -2.32. The van der Waals surface area contributed by atoms with Crippen LogP contribution in [0.4, 0.5) is 0 Å². The first-order valence-corrected chi connectivity index (χ1v) is 9.07. The lowest BCUT2D eigenvalue weighted by molar-refractivity contribution is -0.148. The number of hydrogen-bond donors (Lipinski definition) is 3. The second-order valence-corrected chi connectivity index (χ2v) is 6.99. The Morgan fingerprint density at radius 3 is 2.71 bits per heavy atom. The van der Waals surface area contributed by atoms with E-state index in [1.165, 1.54) is 18.4 Å². The van der Waals surface area contributed by atoms with Crippen molar-refractivity contribution in [2.75, 3.05) is 6.61 Å². The molecule has 1 aliphatic rings. The van der Waals surface area contributed by atoms with E-state index in [9.17, 15) is 18.3 Å². The summed E-state index contributed by atoms with van der Waals surface area (Å²) in [5, 5.41) is 13.2. The Balaban J connectivity index is 2.14. The predicted octanol–water partition coefficient (Wildman–Crippen LogP) is 0.749. The van der Waals surface area contributed by atoms with E-state index in [1.807, 2.05) is 0 Å². The van der Waals surface area contributed by atoms with Gasteiger partial charge in [0.2, 0.25) is 10.0 Å². The van der Waals surface area contributed by atoms with Gasteiger partial charge in [-0.05, 0) is 30.8 Å². The third kappa shape index (κ3) is 4.84. The largest absolute Gasteiger partial charge is 0.466 e. The standard InChI is InChI=1S/C16H20N2O5S/c1-2-23-15(19)11-16(20)14(9-6-10-17-16)18-24(21,22)12-13-7-4-3-5-8-13/h3-10,17-18,20H,2,11-12H2,1H3. The van der Waals surface area contributed by atoms with Gasteiger partial charge in [-0.2, -0.15) is 0 Å². The van der Waals surface area contributed by atoms with Gasteiger partial charge in [-0.25, -0.2) is 8.42 Å². The molecule has 0 spiro atoms. The maximum absolute atomic E-state index is 12.3. The number of aliphatic hydroxyl groups is 1. The number of dihydropyridines is 1. The molecule has 1 aromatic carbocycles. The Kier molecular flexibility index (Phi) is 5.63. The maximum Gasteiger partial charge on any atom is 0.311 e. The highest BCUT2D eigenvalue weighted by atomic mass is 32.2. The molecule has 1 heterocycles. The van der Waals surface area contributed by atoms with Gasteiger partial charge in [-0.1, -0.05) is 30.3 Å². The lowest BCUT2D eigenvalue weighted by atomic mass is 10.0. The molecule has 0 saturated carbocycles. The van der Waals surface area contributed by atoms with Crippen LogP contribution in [0.3, 0.4) is 0 Å². The molecule has 1 aromatic rings. The van der Waals surface area contributed by atoms with E-state index in [0.29, 0.717) is 5.56 Å². The van der Waals surface area contributed by atoms with Crippen LogP contribution in [0.25, 0.3) is 0 Å². The van der Waals surface area contributed by atoms with Crippen molar-refractivity contribution in [3.8, 4) is 0 Å². The summed E-state index contributed by atoms with van der Waals surface area (Å²) in [5.74, 6) is -0.888. The summed E-state index contributed by atoms with van der Waals surface area (Å²) in [6.07, 6.45) is 3.93. The minimum atomic E-state index is -3.76. The Morgan fingerprint density at radius 1 is 1.33 bits per heavy atom. The minimum absolute atomic E-state index is 0.0333. The fourth-order valence-corrected chi connectivity index (χ4v) is 3.50. The predicted molar refractivity (Wildman–Crippen MR) is 88.8 cm³/mol. The molecule has 0 fully saturated rings. The van der Waals surface area contributed by atoms with Crippen molar-refractivity contribution < 1.29 is 23.1 Å². The highest BCUT2D eigenvalue weighted by Crippen LogP contribution is 2.21. The molecule has 0 saturated heterocycles. The molecular weight excluding hydrogens is 332 g/mol. The topological polar surface area (TPSA) is 105 Å². The highest BCUT2D eigenvalue weighted by Gasteiger charge is 2.37. The van der Waals surface area contributed by atoms with Crippen LogP contribution in [-0.2, 0) is 25.3 Å². The zero-order chi connectivity index (χ0) is 17.6. The second-order valence-electron chi connectivity index (χ2n) is 5.27. The number of allylic oxidation sites excluding steroid dienone is 2. The van der Waals surface area contributed by atoms with E-state index < -0.39 is 28.1 Å². The molecule has 0 bridgehead atoms. The summed E-state index contributed by atoms with van der Waals surface area (Å²) in [7, 11) is -3.76. The van der Waals surface area contributed by atoms with Crippen LogP contribution >= 0.6 is 0 Å². The van der Waals surface area contributed by atoms with Crippen molar-refractivity contribution in [3.05, 3.63) is 59.9 Å². The van der Waals surface area contributed by atoms with Crippen molar-refractivity contribution >= 4 is 16.0 Å². The molecule has 1 unspecified atom stereocenters. The molecule has 0 amide bonds. The quantitative estimate of drug-likeness (QED) is 0.626. The highest BCUT2D eigenvalue weighted by molar-refractivity contribution is 7.88. The number of hydrogen-bond acceptors (Lipinski definition) is 6. The first-order valence-electron chi connectivity index (χ1n) is 7.42. The van der Waals surface area contributed by atoms with Crippen LogP contribution in [0, 0.1) is 0 Å². The molecule has 3 N–H and O–H groups in total. The minimum Gasteiger partial charge on any atom is -0.466 e. The van der Waals surface area contributed by atoms with Gasteiger partial charge in [0.1, 0.15) is 0 Å². The molecular formula is C16H20N2O5S. The summed E-state index contributed by atoms with van der Waals surface area (Å²) >= 11 is 0. The molecule has 2 rings (SSSR count). The van der Waals surface area contributed by atoms with Crippen LogP contribution < -0.4 is 10.0 Å². The van der Waals surface area contributed by atoms with Gasteiger partial charge >= 0.3 is 5.97 Å². The lowest BCUT2D eigenvalue weighted by Crippen LogP contribution is -2.52. The zero-order valence-corrected chi connectivity index (χ0v) is 14.0. The van der Waals surface area contributed by atoms with Crippen LogP contribution in [0.2, 0.25) is 0 Å². The third-order valence-corrected chi connectivity index (χ3v) is 4.54. The Hall–Kier alpha value is -2.32. The number of nitrogens with one attached hydrogen (secondary N) is 2. The van der Waals surface area contributed by atoms with Gasteiger partial charge in [0.15, 0.2) is 5.72 Å². The monoisotopic (exact) mass is 352 g/mol. The molecule has 24 heavy (non-hydrogen) atoms. The van der Waals surface area contributed by atoms with Crippen LogP contribution in [0.15, 0.2) is 54.4 Å².